The number of allylic oxidation sites excluding steroid dienone is 1. The zero-order valence-corrected chi connectivity index (χ0v) is 17.6. The van der Waals surface area contributed by atoms with Crippen molar-refractivity contribution in [3.8, 4) is 0 Å². The van der Waals surface area contributed by atoms with Crippen molar-refractivity contribution in [1.29, 1.82) is 0 Å². The molecule has 0 radical (unpaired) electrons. The number of carbonyl (C=O) groups excluding carboxylic acids is 1. The molecule has 31 heavy (non-hydrogen) atoms. The van der Waals surface area contributed by atoms with Crippen LogP contribution in [-0.4, -0.2) is 17.1 Å². The lowest BCUT2D eigenvalue weighted by atomic mass is 9.96. The van der Waals surface area contributed by atoms with E-state index in [0.717, 1.165) is 0 Å². The van der Waals surface area contributed by atoms with Gasteiger partial charge in [0.25, 0.3) is 5.56 Å². The third-order valence-electron chi connectivity index (χ3n) is 4.87. The number of halogens is 2. The summed E-state index contributed by atoms with van der Waals surface area (Å²) in [5, 5.41) is 0. The van der Waals surface area contributed by atoms with Gasteiger partial charge in [0.05, 0.1) is 28.5 Å². The molecule has 0 unspecified atom stereocenters. The van der Waals surface area contributed by atoms with E-state index in [1.807, 2.05) is 0 Å². The van der Waals surface area contributed by atoms with Crippen molar-refractivity contribution in [2.24, 2.45) is 4.99 Å². The number of benzene rings is 2. The molecule has 158 valence electrons. The second kappa shape index (κ2) is 8.39. The number of fused-ring (bicyclic) bond motifs is 1. The van der Waals surface area contributed by atoms with Gasteiger partial charge in [-0.3, -0.25) is 9.36 Å². The maximum atomic E-state index is 13.5. The third kappa shape index (κ3) is 3.98. The lowest BCUT2D eigenvalue weighted by molar-refractivity contribution is -0.139. The summed E-state index contributed by atoms with van der Waals surface area (Å²) in [6, 6.07) is 10.6. The number of ether oxygens (including phenoxy) is 1. The molecule has 3 aromatic rings. The Labute approximate surface area is 180 Å². The number of thiazole rings is 1. The van der Waals surface area contributed by atoms with Crippen LogP contribution in [0.4, 0.5) is 8.78 Å². The van der Waals surface area contributed by atoms with Crippen LogP contribution < -0.4 is 14.9 Å². The summed E-state index contributed by atoms with van der Waals surface area (Å²) in [6.45, 7) is 3.54. The van der Waals surface area contributed by atoms with E-state index in [0.29, 0.717) is 26.2 Å². The molecular formula is C23H18F2N2O3S. The SMILES string of the molecule is CCOC(=O)C1=C(C)N=c2sc(=Cc3ccc(F)cc3)c(=O)n2[C@@H]1c1ccc(F)cc1. The molecule has 0 saturated heterocycles. The van der Waals surface area contributed by atoms with Crippen molar-refractivity contribution < 1.29 is 18.3 Å². The Kier molecular flexibility index (Phi) is 5.65. The smallest absolute Gasteiger partial charge is 0.338 e. The average Bonchev–Trinajstić information content (AvgIpc) is 3.04. The quantitative estimate of drug-likeness (QED) is 0.586. The van der Waals surface area contributed by atoms with Crippen molar-refractivity contribution in [2.75, 3.05) is 6.61 Å². The molecule has 0 N–H and O–H groups in total. The number of aromatic nitrogens is 1. The number of rotatable bonds is 4. The fourth-order valence-electron chi connectivity index (χ4n) is 3.46. The highest BCUT2D eigenvalue weighted by molar-refractivity contribution is 7.07. The van der Waals surface area contributed by atoms with Crippen LogP contribution in [0, 0.1) is 11.6 Å². The van der Waals surface area contributed by atoms with Crippen molar-refractivity contribution in [3.05, 3.63) is 102 Å². The number of hydrogen-bond donors (Lipinski definition) is 0. The molecule has 1 aromatic heterocycles. The first-order valence-corrected chi connectivity index (χ1v) is 10.4. The second-order valence-electron chi connectivity index (χ2n) is 6.91. The Balaban J connectivity index is 1.94. The highest BCUT2D eigenvalue weighted by Crippen LogP contribution is 2.30. The Morgan fingerprint density at radius 2 is 1.74 bits per heavy atom. The van der Waals surface area contributed by atoms with E-state index < -0.39 is 17.8 Å². The first-order valence-electron chi connectivity index (χ1n) is 9.59. The van der Waals surface area contributed by atoms with Gasteiger partial charge in [-0.15, -0.1) is 0 Å². The molecule has 1 atom stereocenters. The predicted molar refractivity (Wildman–Crippen MR) is 113 cm³/mol. The molecule has 2 heterocycles. The van der Waals surface area contributed by atoms with Crippen LogP contribution in [-0.2, 0) is 9.53 Å². The molecule has 1 aliphatic heterocycles. The topological polar surface area (TPSA) is 60.7 Å². The van der Waals surface area contributed by atoms with Gasteiger partial charge in [0.2, 0.25) is 0 Å². The zero-order chi connectivity index (χ0) is 22.1. The normalized spacial score (nSPS) is 16.1. The standard InChI is InChI=1S/C23H18F2N2O3S/c1-3-30-22(29)19-13(2)26-23-27(20(19)15-6-10-17(25)11-7-15)21(28)18(31-23)12-14-4-8-16(24)9-5-14/h4-12,20H,3H2,1-2H3/t20-/m1/s1. The third-order valence-corrected chi connectivity index (χ3v) is 5.85. The summed E-state index contributed by atoms with van der Waals surface area (Å²) in [7, 11) is 0. The Bertz CT molecular complexity index is 1350. The molecule has 0 fully saturated rings. The summed E-state index contributed by atoms with van der Waals surface area (Å²) in [5.74, 6) is -1.37. The van der Waals surface area contributed by atoms with E-state index in [1.54, 1.807) is 32.1 Å². The molecule has 0 aliphatic carbocycles. The van der Waals surface area contributed by atoms with Crippen LogP contribution >= 0.6 is 11.3 Å². The largest absolute Gasteiger partial charge is 0.463 e. The molecular weight excluding hydrogens is 422 g/mol. The van der Waals surface area contributed by atoms with Crippen molar-refractivity contribution in [2.45, 2.75) is 19.9 Å². The molecule has 4 rings (SSSR count). The first kappa shape index (κ1) is 20.9. The van der Waals surface area contributed by atoms with Crippen LogP contribution in [0.25, 0.3) is 6.08 Å². The Morgan fingerprint density at radius 1 is 1.13 bits per heavy atom. The number of nitrogens with zero attached hydrogens (tertiary/aromatic N) is 2. The highest BCUT2D eigenvalue weighted by Gasteiger charge is 2.33. The fraction of sp³-hybridized carbons (Fsp3) is 0.174. The van der Waals surface area contributed by atoms with Gasteiger partial charge in [0, 0.05) is 0 Å². The van der Waals surface area contributed by atoms with Gasteiger partial charge in [-0.2, -0.15) is 0 Å². The van der Waals surface area contributed by atoms with E-state index in [2.05, 4.69) is 4.99 Å². The van der Waals surface area contributed by atoms with Crippen LogP contribution in [0.1, 0.15) is 31.0 Å². The summed E-state index contributed by atoms with van der Waals surface area (Å²) in [6.07, 6.45) is 1.65. The van der Waals surface area contributed by atoms with Gasteiger partial charge in [-0.1, -0.05) is 35.6 Å². The fourth-order valence-corrected chi connectivity index (χ4v) is 4.51. The molecule has 0 bridgehead atoms. The molecule has 8 heteroatoms. The maximum Gasteiger partial charge on any atom is 0.338 e. The van der Waals surface area contributed by atoms with Crippen LogP contribution in [0.2, 0.25) is 0 Å². The van der Waals surface area contributed by atoms with Gasteiger partial charge in [0.15, 0.2) is 4.80 Å². The number of esters is 1. The monoisotopic (exact) mass is 440 g/mol. The van der Waals surface area contributed by atoms with Crippen molar-refractivity contribution in [1.82, 2.24) is 4.57 Å². The van der Waals surface area contributed by atoms with Crippen LogP contribution in [0.3, 0.4) is 0 Å². The average molecular weight is 440 g/mol. The van der Waals surface area contributed by atoms with Gasteiger partial charge >= 0.3 is 5.97 Å². The molecule has 0 amide bonds. The van der Waals surface area contributed by atoms with Crippen LogP contribution in [0.15, 0.2) is 69.6 Å². The summed E-state index contributed by atoms with van der Waals surface area (Å²) >= 11 is 1.17. The minimum absolute atomic E-state index is 0.167. The Morgan fingerprint density at radius 3 is 2.35 bits per heavy atom. The van der Waals surface area contributed by atoms with Crippen molar-refractivity contribution >= 4 is 23.4 Å². The molecule has 2 aromatic carbocycles. The summed E-state index contributed by atoms with van der Waals surface area (Å²) in [5.41, 5.74) is 1.53. The van der Waals surface area contributed by atoms with E-state index in [4.69, 9.17) is 4.74 Å². The minimum Gasteiger partial charge on any atom is -0.463 e. The number of hydrogen-bond acceptors (Lipinski definition) is 5. The van der Waals surface area contributed by atoms with E-state index in [9.17, 15) is 18.4 Å². The van der Waals surface area contributed by atoms with Crippen molar-refractivity contribution in [3.63, 3.8) is 0 Å². The Hall–Kier alpha value is -3.39. The lowest BCUT2D eigenvalue weighted by Gasteiger charge is -2.24. The second-order valence-corrected chi connectivity index (χ2v) is 7.91. The van der Waals surface area contributed by atoms with E-state index in [1.165, 1.54) is 52.3 Å². The van der Waals surface area contributed by atoms with Gasteiger partial charge < -0.3 is 4.74 Å². The summed E-state index contributed by atoms with van der Waals surface area (Å²) in [4.78, 5) is 31.0. The lowest BCUT2D eigenvalue weighted by Crippen LogP contribution is -2.39. The van der Waals surface area contributed by atoms with Gasteiger partial charge in [-0.25, -0.2) is 18.6 Å². The van der Waals surface area contributed by atoms with Crippen LogP contribution in [0.5, 0.6) is 0 Å². The molecule has 0 spiro atoms. The van der Waals surface area contributed by atoms with E-state index in [-0.39, 0.29) is 23.6 Å². The molecule has 1 aliphatic rings. The predicted octanol–water partition coefficient (Wildman–Crippen LogP) is 3.08. The zero-order valence-electron chi connectivity index (χ0n) is 16.8. The van der Waals surface area contributed by atoms with Gasteiger partial charge in [0.1, 0.15) is 11.6 Å². The maximum absolute atomic E-state index is 13.5. The highest BCUT2D eigenvalue weighted by atomic mass is 32.1. The summed E-state index contributed by atoms with van der Waals surface area (Å²) < 4.78 is 33.8. The molecule has 5 nitrogen and oxygen atoms in total. The minimum atomic E-state index is -0.800. The number of carbonyl (C=O) groups is 1. The van der Waals surface area contributed by atoms with Gasteiger partial charge in [-0.05, 0) is 55.3 Å². The van der Waals surface area contributed by atoms with E-state index >= 15 is 0 Å². The molecule has 0 saturated carbocycles. The first-order chi connectivity index (χ1) is 14.9.